The predicted molar refractivity (Wildman–Crippen MR) is 60.3 cm³/mol. The molecule has 3 N–H and O–H groups in total. The van der Waals surface area contributed by atoms with E-state index in [0.717, 1.165) is 0 Å². The van der Waals surface area contributed by atoms with Gasteiger partial charge in [-0.1, -0.05) is 12.2 Å². The van der Waals surface area contributed by atoms with E-state index >= 15 is 0 Å². The monoisotopic (exact) mass is 240 g/mol. The SMILES string of the molecule is CC=CC1=C(C(=O)O)N2C(=O)CC2SC1N. The lowest BCUT2D eigenvalue weighted by Gasteiger charge is -2.45. The lowest BCUT2D eigenvalue weighted by molar-refractivity contribution is -0.146. The van der Waals surface area contributed by atoms with Crippen LogP contribution in [0.1, 0.15) is 13.3 Å². The molecule has 0 saturated carbocycles. The summed E-state index contributed by atoms with van der Waals surface area (Å²) in [5.41, 5.74) is 6.41. The quantitative estimate of drug-likeness (QED) is 0.686. The summed E-state index contributed by atoms with van der Waals surface area (Å²) in [4.78, 5) is 23.9. The van der Waals surface area contributed by atoms with Crippen LogP contribution in [0, 0.1) is 0 Å². The van der Waals surface area contributed by atoms with Crippen molar-refractivity contribution >= 4 is 23.6 Å². The van der Waals surface area contributed by atoms with Crippen molar-refractivity contribution in [2.24, 2.45) is 5.73 Å². The van der Waals surface area contributed by atoms with Crippen molar-refractivity contribution in [3.8, 4) is 0 Å². The number of β-lactam (4-membered cyclic amide) rings is 1. The molecule has 2 atom stereocenters. The first-order chi connectivity index (χ1) is 7.56. The van der Waals surface area contributed by atoms with Gasteiger partial charge in [-0.3, -0.25) is 9.69 Å². The third kappa shape index (κ3) is 1.54. The zero-order valence-electron chi connectivity index (χ0n) is 8.71. The van der Waals surface area contributed by atoms with Crippen molar-refractivity contribution in [3.63, 3.8) is 0 Å². The first kappa shape index (κ1) is 11.2. The van der Waals surface area contributed by atoms with Gasteiger partial charge in [-0.2, -0.15) is 0 Å². The Labute approximate surface area is 97.0 Å². The van der Waals surface area contributed by atoms with Crippen molar-refractivity contribution in [2.45, 2.75) is 24.1 Å². The number of nitrogens with two attached hydrogens (primary N) is 1. The number of carboxylic acids is 1. The predicted octanol–water partition coefficient (Wildman–Crippen LogP) is 0.491. The van der Waals surface area contributed by atoms with E-state index in [-0.39, 0.29) is 22.4 Å². The molecule has 1 amide bonds. The van der Waals surface area contributed by atoms with Crippen molar-refractivity contribution in [2.75, 3.05) is 0 Å². The Kier molecular flexibility index (Phi) is 2.77. The van der Waals surface area contributed by atoms with Crippen LogP contribution in [0.4, 0.5) is 0 Å². The zero-order chi connectivity index (χ0) is 11.9. The molecule has 6 heteroatoms. The highest BCUT2D eigenvalue weighted by molar-refractivity contribution is 8.00. The molecule has 0 aromatic heterocycles. The highest BCUT2D eigenvalue weighted by atomic mass is 32.2. The molecule has 0 bridgehead atoms. The fourth-order valence-electron chi connectivity index (χ4n) is 1.86. The molecule has 2 unspecified atom stereocenters. The number of allylic oxidation sites excluding steroid dienone is 1. The minimum absolute atomic E-state index is 0.0330. The average molecular weight is 240 g/mol. The number of carbonyl (C=O) groups excluding carboxylic acids is 1. The number of thioether (sulfide) groups is 1. The molecule has 86 valence electrons. The van der Waals surface area contributed by atoms with Crippen molar-refractivity contribution in [3.05, 3.63) is 23.4 Å². The van der Waals surface area contributed by atoms with Gasteiger partial charge in [0.2, 0.25) is 5.91 Å². The van der Waals surface area contributed by atoms with E-state index in [4.69, 9.17) is 10.8 Å². The van der Waals surface area contributed by atoms with E-state index in [2.05, 4.69) is 0 Å². The summed E-state index contributed by atoms with van der Waals surface area (Å²) in [7, 11) is 0. The molecule has 1 saturated heterocycles. The molecule has 0 aromatic carbocycles. The van der Waals surface area contributed by atoms with Crippen LogP contribution in [-0.4, -0.2) is 32.6 Å². The third-order valence-corrected chi connectivity index (χ3v) is 3.82. The van der Waals surface area contributed by atoms with Crippen LogP contribution in [0.25, 0.3) is 0 Å². The Morgan fingerprint density at radius 2 is 2.38 bits per heavy atom. The summed E-state index contributed by atoms with van der Waals surface area (Å²) in [6.07, 6.45) is 3.75. The van der Waals surface area contributed by atoms with Gasteiger partial charge in [0.05, 0.1) is 17.2 Å². The molecule has 2 aliphatic rings. The number of aliphatic carboxylic acids is 1. The van der Waals surface area contributed by atoms with Crippen LogP contribution in [0.15, 0.2) is 23.4 Å². The van der Waals surface area contributed by atoms with E-state index < -0.39 is 5.97 Å². The normalized spacial score (nSPS) is 29.4. The molecule has 0 radical (unpaired) electrons. The largest absolute Gasteiger partial charge is 0.477 e. The molecular formula is C10H12N2O3S. The number of fused-ring (bicyclic) bond motifs is 1. The first-order valence-corrected chi connectivity index (χ1v) is 5.83. The maximum atomic E-state index is 11.4. The molecule has 2 heterocycles. The summed E-state index contributed by atoms with van der Waals surface area (Å²) in [5.74, 6) is -1.24. The standard InChI is InChI=1S/C10H12N2O3S/c1-2-3-5-8(10(14)15)12-6(13)4-7(12)16-9(5)11/h2-3,7,9H,4,11H2,1H3,(H,14,15). The van der Waals surface area contributed by atoms with Crippen LogP contribution >= 0.6 is 11.8 Å². The van der Waals surface area contributed by atoms with Crippen molar-refractivity contribution in [1.29, 1.82) is 0 Å². The van der Waals surface area contributed by atoms with Gasteiger partial charge in [-0.25, -0.2) is 4.79 Å². The Morgan fingerprint density at radius 1 is 1.69 bits per heavy atom. The second-order valence-electron chi connectivity index (χ2n) is 3.59. The number of hydrogen-bond donors (Lipinski definition) is 2. The molecular weight excluding hydrogens is 228 g/mol. The topological polar surface area (TPSA) is 83.6 Å². The van der Waals surface area contributed by atoms with Crippen LogP contribution in [0.2, 0.25) is 0 Å². The molecule has 2 aliphatic heterocycles. The van der Waals surface area contributed by atoms with E-state index in [9.17, 15) is 9.59 Å². The Balaban J connectivity index is 2.49. The maximum Gasteiger partial charge on any atom is 0.353 e. The lowest BCUT2D eigenvalue weighted by Crippen LogP contribution is -2.56. The van der Waals surface area contributed by atoms with E-state index in [1.54, 1.807) is 19.1 Å². The van der Waals surface area contributed by atoms with Gasteiger partial charge in [0, 0.05) is 5.57 Å². The summed E-state index contributed by atoms with van der Waals surface area (Å²) in [6, 6.07) is 0. The Morgan fingerprint density at radius 3 is 2.88 bits per heavy atom. The summed E-state index contributed by atoms with van der Waals surface area (Å²) in [5, 5.41) is 8.66. The average Bonchev–Trinajstić information content (AvgIpc) is 2.20. The van der Waals surface area contributed by atoms with E-state index in [1.165, 1.54) is 16.7 Å². The van der Waals surface area contributed by atoms with Gasteiger partial charge in [-0.15, -0.1) is 11.8 Å². The molecule has 2 rings (SSSR count). The Hall–Kier alpha value is -1.27. The summed E-state index contributed by atoms with van der Waals surface area (Å²) >= 11 is 1.42. The summed E-state index contributed by atoms with van der Waals surface area (Å²) < 4.78 is 0. The molecule has 1 fully saturated rings. The lowest BCUT2D eigenvalue weighted by atomic mass is 10.1. The maximum absolute atomic E-state index is 11.4. The zero-order valence-corrected chi connectivity index (χ0v) is 9.53. The number of amides is 1. The highest BCUT2D eigenvalue weighted by Gasteiger charge is 2.47. The third-order valence-electron chi connectivity index (χ3n) is 2.58. The molecule has 0 aromatic rings. The van der Waals surface area contributed by atoms with Crippen molar-refractivity contribution in [1.82, 2.24) is 4.90 Å². The number of carboxylic acid groups (broad SMARTS) is 1. The second-order valence-corrected chi connectivity index (χ2v) is 4.91. The highest BCUT2D eigenvalue weighted by Crippen LogP contribution is 2.42. The van der Waals surface area contributed by atoms with Gasteiger partial charge < -0.3 is 10.8 Å². The van der Waals surface area contributed by atoms with E-state index in [1.807, 2.05) is 0 Å². The minimum Gasteiger partial charge on any atom is -0.477 e. The van der Waals surface area contributed by atoms with Gasteiger partial charge in [-0.05, 0) is 6.92 Å². The first-order valence-electron chi connectivity index (χ1n) is 4.89. The summed E-state index contributed by atoms with van der Waals surface area (Å²) in [6.45, 7) is 1.79. The number of rotatable bonds is 2. The smallest absolute Gasteiger partial charge is 0.353 e. The van der Waals surface area contributed by atoms with Crippen molar-refractivity contribution < 1.29 is 14.7 Å². The van der Waals surface area contributed by atoms with Gasteiger partial charge in [0.25, 0.3) is 0 Å². The van der Waals surface area contributed by atoms with Gasteiger partial charge in [0.15, 0.2) is 0 Å². The van der Waals surface area contributed by atoms with Crippen LogP contribution in [0.3, 0.4) is 0 Å². The fraction of sp³-hybridized carbons (Fsp3) is 0.400. The molecule has 0 spiro atoms. The number of hydrogen-bond acceptors (Lipinski definition) is 4. The van der Waals surface area contributed by atoms with Gasteiger partial charge >= 0.3 is 5.97 Å². The van der Waals surface area contributed by atoms with Gasteiger partial charge in [0.1, 0.15) is 5.70 Å². The fourth-order valence-corrected chi connectivity index (χ4v) is 3.12. The Bertz CT molecular complexity index is 416. The number of carbonyl (C=O) groups is 2. The van der Waals surface area contributed by atoms with Crippen LogP contribution in [0.5, 0.6) is 0 Å². The van der Waals surface area contributed by atoms with E-state index in [0.29, 0.717) is 12.0 Å². The van der Waals surface area contributed by atoms with Crippen LogP contribution < -0.4 is 5.73 Å². The molecule has 0 aliphatic carbocycles. The molecule has 16 heavy (non-hydrogen) atoms. The minimum atomic E-state index is -1.10. The molecule has 5 nitrogen and oxygen atoms in total. The number of nitrogens with zero attached hydrogens (tertiary/aromatic N) is 1. The van der Waals surface area contributed by atoms with Crippen LogP contribution in [-0.2, 0) is 9.59 Å². The second kappa shape index (κ2) is 3.95.